The third-order valence-corrected chi connectivity index (χ3v) is 5.35. The molecule has 0 fully saturated rings. The second-order valence-electron chi connectivity index (χ2n) is 3.96. The maximum Gasteiger partial charge on any atom is 0.244 e. The van der Waals surface area contributed by atoms with Crippen LogP contribution >= 0.6 is 15.9 Å². The highest BCUT2D eigenvalue weighted by atomic mass is 79.9. The molecular formula is C10H18BrN3O2S. The van der Waals surface area contributed by atoms with Crippen molar-refractivity contribution >= 4 is 26.0 Å². The van der Waals surface area contributed by atoms with E-state index in [1.54, 1.807) is 13.8 Å². The minimum absolute atomic E-state index is 0.264. The van der Waals surface area contributed by atoms with Crippen molar-refractivity contribution in [1.29, 1.82) is 0 Å². The minimum atomic E-state index is -3.45. The van der Waals surface area contributed by atoms with Crippen molar-refractivity contribution in [1.82, 2.24) is 14.9 Å². The Morgan fingerprint density at radius 2 is 2.12 bits per heavy atom. The molecule has 0 amide bonds. The molecule has 1 rings (SSSR count). The van der Waals surface area contributed by atoms with Gasteiger partial charge in [0.1, 0.15) is 4.90 Å². The van der Waals surface area contributed by atoms with Gasteiger partial charge in [-0.2, -0.15) is 5.10 Å². The van der Waals surface area contributed by atoms with Gasteiger partial charge in [-0.05, 0) is 26.7 Å². The van der Waals surface area contributed by atoms with Crippen molar-refractivity contribution in [3.05, 3.63) is 11.4 Å². The van der Waals surface area contributed by atoms with Crippen molar-refractivity contribution in [3.63, 3.8) is 0 Å². The Morgan fingerprint density at radius 1 is 1.47 bits per heavy atom. The zero-order valence-corrected chi connectivity index (χ0v) is 12.7. The fraction of sp³-hybridized carbons (Fsp3) is 0.700. The SMILES string of the molecule is CCC(Br)CCNS(=O)(=O)c1c(C)n[nH]c1C. The van der Waals surface area contributed by atoms with Gasteiger partial charge in [-0.1, -0.05) is 22.9 Å². The summed E-state index contributed by atoms with van der Waals surface area (Å²) < 4.78 is 26.6. The highest BCUT2D eigenvalue weighted by molar-refractivity contribution is 9.09. The molecule has 0 aliphatic rings. The van der Waals surface area contributed by atoms with E-state index in [0.29, 0.717) is 22.8 Å². The molecule has 0 aliphatic heterocycles. The van der Waals surface area contributed by atoms with Gasteiger partial charge < -0.3 is 0 Å². The molecule has 0 saturated carbocycles. The molecule has 17 heavy (non-hydrogen) atoms. The largest absolute Gasteiger partial charge is 0.281 e. The molecule has 0 bridgehead atoms. The highest BCUT2D eigenvalue weighted by Gasteiger charge is 2.21. The number of aromatic nitrogens is 2. The van der Waals surface area contributed by atoms with Crippen LogP contribution in [0.2, 0.25) is 0 Å². The van der Waals surface area contributed by atoms with Crippen LogP contribution in [0.15, 0.2) is 4.90 Å². The molecule has 0 saturated heterocycles. The fourth-order valence-electron chi connectivity index (χ4n) is 1.56. The molecule has 1 atom stereocenters. The van der Waals surface area contributed by atoms with Gasteiger partial charge in [0.15, 0.2) is 0 Å². The number of sulfonamides is 1. The summed E-state index contributed by atoms with van der Waals surface area (Å²) >= 11 is 3.47. The van der Waals surface area contributed by atoms with Crippen LogP contribution in [0.3, 0.4) is 0 Å². The van der Waals surface area contributed by atoms with Gasteiger partial charge in [-0.25, -0.2) is 13.1 Å². The van der Waals surface area contributed by atoms with Crippen LogP contribution in [0.25, 0.3) is 0 Å². The topological polar surface area (TPSA) is 74.8 Å². The molecule has 1 aromatic rings. The van der Waals surface area contributed by atoms with E-state index in [2.05, 4.69) is 37.8 Å². The van der Waals surface area contributed by atoms with Crippen molar-refractivity contribution in [2.75, 3.05) is 6.54 Å². The Hall–Kier alpha value is -0.400. The Bertz CT molecular complexity index is 450. The monoisotopic (exact) mass is 323 g/mol. The maximum atomic E-state index is 12.0. The lowest BCUT2D eigenvalue weighted by Gasteiger charge is -2.09. The van der Waals surface area contributed by atoms with E-state index in [1.165, 1.54) is 0 Å². The summed E-state index contributed by atoms with van der Waals surface area (Å²) in [5.41, 5.74) is 1.07. The molecule has 1 heterocycles. The molecule has 2 N–H and O–H groups in total. The van der Waals surface area contributed by atoms with E-state index in [0.717, 1.165) is 12.8 Å². The average molecular weight is 324 g/mol. The normalized spacial score (nSPS) is 13.9. The number of nitrogens with one attached hydrogen (secondary N) is 2. The van der Waals surface area contributed by atoms with Crippen molar-refractivity contribution in [2.45, 2.75) is 43.3 Å². The second-order valence-corrected chi connectivity index (χ2v) is 6.95. The minimum Gasteiger partial charge on any atom is -0.281 e. The molecule has 1 unspecified atom stereocenters. The second kappa shape index (κ2) is 5.97. The molecule has 0 aliphatic carbocycles. The molecule has 7 heteroatoms. The summed E-state index contributed by atoms with van der Waals surface area (Å²) in [4.78, 5) is 0.608. The molecule has 0 radical (unpaired) electrons. The third kappa shape index (κ3) is 3.79. The molecule has 0 aromatic carbocycles. The zero-order chi connectivity index (χ0) is 13.1. The summed E-state index contributed by atoms with van der Waals surface area (Å²) in [5, 5.41) is 6.56. The summed E-state index contributed by atoms with van der Waals surface area (Å²) in [6.07, 6.45) is 1.75. The van der Waals surface area contributed by atoms with Gasteiger partial charge in [-0.15, -0.1) is 0 Å². The molecule has 98 valence electrons. The Morgan fingerprint density at radius 3 is 2.59 bits per heavy atom. The van der Waals surface area contributed by atoms with Gasteiger partial charge in [0.2, 0.25) is 10.0 Å². The molecule has 1 aromatic heterocycles. The predicted molar refractivity (Wildman–Crippen MR) is 70.9 cm³/mol. The van der Waals surface area contributed by atoms with Crippen molar-refractivity contribution < 1.29 is 8.42 Å². The van der Waals surface area contributed by atoms with E-state index in [9.17, 15) is 8.42 Å². The Kier molecular flexibility index (Phi) is 5.15. The van der Waals surface area contributed by atoms with Gasteiger partial charge in [0.05, 0.1) is 11.4 Å². The summed E-state index contributed by atoms with van der Waals surface area (Å²) in [7, 11) is -3.45. The lowest BCUT2D eigenvalue weighted by Crippen LogP contribution is -2.27. The number of H-pyrrole nitrogens is 1. The fourth-order valence-corrected chi connectivity index (χ4v) is 3.21. The number of halogens is 1. The number of aromatic amines is 1. The highest BCUT2D eigenvalue weighted by Crippen LogP contribution is 2.16. The Balaban J connectivity index is 2.70. The van der Waals surface area contributed by atoms with Crippen molar-refractivity contribution in [2.24, 2.45) is 0 Å². The lowest BCUT2D eigenvalue weighted by atomic mass is 10.2. The quantitative estimate of drug-likeness (QED) is 0.785. The number of hydrogen-bond donors (Lipinski definition) is 2. The Labute approximate surface area is 111 Å². The van der Waals surface area contributed by atoms with Crippen LogP contribution in [0.4, 0.5) is 0 Å². The summed E-state index contributed by atoms with van der Waals surface area (Å²) in [5.74, 6) is 0. The zero-order valence-electron chi connectivity index (χ0n) is 10.2. The van der Waals surface area contributed by atoms with E-state index >= 15 is 0 Å². The van der Waals surface area contributed by atoms with Crippen LogP contribution in [0, 0.1) is 13.8 Å². The number of hydrogen-bond acceptors (Lipinski definition) is 3. The number of nitrogens with zero attached hydrogens (tertiary/aromatic N) is 1. The predicted octanol–water partition coefficient (Wildman–Crippen LogP) is 1.87. The average Bonchev–Trinajstić information content (AvgIpc) is 2.58. The van der Waals surface area contributed by atoms with Crippen LogP contribution in [-0.2, 0) is 10.0 Å². The first-order chi connectivity index (χ1) is 7.88. The van der Waals surface area contributed by atoms with Gasteiger partial charge >= 0.3 is 0 Å². The molecule has 0 spiro atoms. The van der Waals surface area contributed by atoms with Crippen LogP contribution in [-0.4, -0.2) is 30.0 Å². The first kappa shape index (κ1) is 14.7. The van der Waals surface area contributed by atoms with E-state index < -0.39 is 10.0 Å². The third-order valence-electron chi connectivity index (χ3n) is 2.52. The van der Waals surface area contributed by atoms with Crippen molar-refractivity contribution in [3.8, 4) is 0 Å². The summed E-state index contributed by atoms with van der Waals surface area (Å²) in [6, 6.07) is 0. The number of alkyl halides is 1. The first-order valence-corrected chi connectivity index (χ1v) is 7.93. The van der Waals surface area contributed by atoms with E-state index in [-0.39, 0.29) is 4.90 Å². The molecular weight excluding hydrogens is 306 g/mol. The standard InChI is InChI=1S/C10H18BrN3O2S/c1-4-9(11)5-6-12-17(15,16)10-7(2)13-14-8(10)3/h9,12H,4-6H2,1-3H3,(H,13,14). The van der Waals surface area contributed by atoms with Crippen LogP contribution < -0.4 is 4.72 Å². The lowest BCUT2D eigenvalue weighted by molar-refractivity contribution is 0.576. The van der Waals surface area contributed by atoms with Gasteiger partial charge in [0, 0.05) is 11.4 Å². The smallest absolute Gasteiger partial charge is 0.244 e. The van der Waals surface area contributed by atoms with E-state index in [4.69, 9.17) is 0 Å². The van der Waals surface area contributed by atoms with E-state index in [1.807, 2.05) is 0 Å². The number of rotatable bonds is 6. The maximum absolute atomic E-state index is 12.0. The summed E-state index contributed by atoms with van der Waals surface area (Å²) in [6.45, 7) is 5.86. The molecule has 5 nitrogen and oxygen atoms in total. The number of aryl methyl sites for hydroxylation is 2. The van der Waals surface area contributed by atoms with Gasteiger partial charge in [0.25, 0.3) is 0 Å². The van der Waals surface area contributed by atoms with Gasteiger partial charge in [-0.3, -0.25) is 5.10 Å². The first-order valence-electron chi connectivity index (χ1n) is 5.53. The van der Waals surface area contributed by atoms with Crippen LogP contribution in [0.1, 0.15) is 31.2 Å². The van der Waals surface area contributed by atoms with Crippen LogP contribution in [0.5, 0.6) is 0 Å².